The molecule has 5 nitrogen and oxygen atoms in total. The van der Waals surface area contributed by atoms with Crippen molar-refractivity contribution < 1.29 is 9.59 Å². The summed E-state index contributed by atoms with van der Waals surface area (Å²) in [6.45, 7) is 8.78. The number of rotatable bonds is 8. The van der Waals surface area contributed by atoms with Crippen LogP contribution in [-0.4, -0.2) is 39.8 Å². The van der Waals surface area contributed by atoms with E-state index in [1.54, 1.807) is 40.1 Å². The van der Waals surface area contributed by atoms with Gasteiger partial charge in [-0.2, -0.15) is 0 Å². The van der Waals surface area contributed by atoms with Crippen molar-refractivity contribution in [3.8, 4) is 19.5 Å². The first-order chi connectivity index (χ1) is 21.3. The van der Waals surface area contributed by atoms with Gasteiger partial charge in [-0.1, -0.05) is 35.4 Å². The Bertz CT molecular complexity index is 1810. The molecule has 5 aromatic rings. The molecule has 9 heteroatoms. The second kappa shape index (κ2) is 12.6. The van der Waals surface area contributed by atoms with E-state index in [1.807, 2.05) is 19.9 Å². The minimum absolute atomic E-state index is 0.153. The van der Waals surface area contributed by atoms with Gasteiger partial charge in [0.15, 0.2) is 5.11 Å². The molecule has 0 atom stereocenters. The predicted molar refractivity (Wildman–Crippen MR) is 190 cm³/mol. The van der Waals surface area contributed by atoms with E-state index in [9.17, 15) is 9.59 Å². The van der Waals surface area contributed by atoms with Crippen molar-refractivity contribution in [2.24, 2.45) is 0 Å². The van der Waals surface area contributed by atoms with Crippen molar-refractivity contribution in [3.63, 3.8) is 0 Å². The first kappa shape index (κ1) is 30.1. The number of nitrogens with zero attached hydrogens (tertiary/aromatic N) is 3. The lowest BCUT2D eigenvalue weighted by atomic mass is 10.1. The average Bonchev–Trinajstić information content (AvgIpc) is 3.79. The molecule has 0 aliphatic carbocycles. The average molecular weight is 654 g/mol. The molecule has 1 saturated heterocycles. The van der Waals surface area contributed by atoms with E-state index in [2.05, 4.69) is 97.6 Å². The van der Waals surface area contributed by atoms with Crippen LogP contribution >= 0.6 is 46.2 Å². The van der Waals surface area contributed by atoms with Crippen LogP contribution in [0.15, 0.2) is 90.5 Å². The highest BCUT2D eigenvalue weighted by molar-refractivity contribution is 7.80. The van der Waals surface area contributed by atoms with Crippen LogP contribution in [0.25, 0.3) is 25.6 Å². The van der Waals surface area contributed by atoms with Gasteiger partial charge >= 0.3 is 0 Å². The smallest absolute Gasteiger partial charge is 0.265 e. The summed E-state index contributed by atoms with van der Waals surface area (Å²) in [5, 5.41) is 1.42. The topological polar surface area (TPSA) is 43.9 Å². The van der Waals surface area contributed by atoms with Crippen molar-refractivity contribution in [1.29, 1.82) is 0 Å². The number of aryl methyl sites for hydroxylation is 2. The van der Waals surface area contributed by atoms with Gasteiger partial charge < -0.3 is 4.90 Å². The van der Waals surface area contributed by atoms with Gasteiger partial charge in [-0.15, -0.1) is 34.0 Å². The second-order valence-corrected chi connectivity index (χ2v) is 14.1. The van der Waals surface area contributed by atoms with Gasteiger partial charge in [-0.05, 0) is 107 Å². The standard InChI is InChI=1S/C35H31N3O2S4/c1-5-36-33(39)27(34(40)37(6-2)35(36)41)21-26-15-16-28(42-26)29-17-18-30(43-29)31-19-20-32(44-31)38(24-11-7-22(3)8-12-24)25-13-9-23(4)10-14-25/h7-21H,5-6H2,1-4H3. The van der Waals surface area contributed by atoms with Gasteiger partial charge in [0.05, 0.1) is 0 Å². The fourth-order valence-electron chi connectivity index (χ4n) is 5.06. The Morgan fingerprint density at radius 3 is 1.61 bits per heavy atom. The number of hydrogen-bond donors (Lipinski definition) is 0. The lowest BCUT2D eigenvalue weighted by molar-refractivity contribution is -0.133. The zero-order valence-electron chi connectivity index (χ0n) is 24.9. The number of benzene rings is 2. The van der Waals surface area contributed by atoms with E-state index in [1.165, 1.54) is 30.7 Å². The van der Waals surface area contributed by atoms with Crippen LogP contribution in [-0.2, 0) is 9.59 Å². The molecular formula is C35H31N3O2S4. The Hall–Kier alpha value is -3.89. The predicted octanol–water partition coefficient (Wildman–Crippen LogP) is 9.67. The highest BCUT2D eigenvalue weighted by atomic mass is 32.1. The van der Waals surface area contributed by atoms with Crippen LogP contribution in [0.1, 0.15) is 29.9 Å². The summed E-state index contributed by atoms with van der Waals surface area (Å²) in [7, 11) is 0. The highest BCUT2D eigenvalue weighted by Crippen LogP contribution is 2.45. The summed E-state index contributed by atoms with van der Waals surface area (Å²) in [6.07, 6.45) is 1.71. The molecule has 1 fully saturated rings. The molecule has 0 N–H and O–H groups in total. The quantitative estimate of drug-likeness (QED) is 0.0950. The van der Waals surface area contributed by atoms with E-state index in [0.717, 1.165) is 31.0 Å². The maximum atomic E-state index is 13.1. The zero-order valence-corrected chi connectivity index (χ0v) is 28.1. The van der Waals surface area contributed by atoms with E-state index in [4.69, 9.17) is 12.2 Å². The first-order valence-electron chi connectivity index (χ1n) is 14.4. The van der Waals surface area contributed by atoms with Gasteiger partial charge in [0, 0.05) is 48.9 Å². The Morgan fingerprint density at radius 1 is 0.636 bits per heavy atom. The first-order valence-corrected chi connectivity index (χ1v) is 17.3. The molecule has 222 valence electrons. The van der Waals surface area contributed by atoms with Crippen LogP contribution in [0.2, 0.25) is 0 Å². The third kappa shape index (κ3) is 5.80. The molecule has 1 aliphatic heterocycles. The van der Waals surface area contributed by atoms with Gasteiger partial charge in [-0.3, -0.25) is 19.4 Å². The molecule has 6 rings (SSSR count). The summed E-state index contributed by atoms with van der Waals surface area (Å²) >= 11 is 10.5. The molecule has 0 saturated carbocycles. The number of thiocarbonyl (C=S) groups is 1. The van der Waals surface area contributed by atoms with Crippen molar-refractivity contribution in [1.82, 2.24) is 9.80 Å². The minimum atomic E-state index is -0.334. The van der Waals surface area contributed by atoms with Gasteiger partial charge in [-0.25, -0.2) is 0 Å². The summed E-state index contributed by atoms with van der Waals surface area (Å²) < 4.78 is 0. The third-order valence-electron chi connectivity index (χ3n) is 7.45. The molecule has 0 spiro atoms. The van der Waals surface area contributed by atoms with Crippen LogP contribution in [0.4, 0.5) is 16.4 Å². The molecule has 44 heavy (non-hydrogen) atoms. The molecule has 0 radical (unpaired) electrons. The molecule has 3 aromatic heterocycles. The molecule has 0 unspecified atom stereocenters. The summed E-state index contributed by atoms with van der Waals surface area (Å²) in [6, 6.07) is 30.0. The van der Waals surface area contributed by atoms with E-state index >= 15 is 0 Å². The van der Waals surface area contributed by atoms with Crippen LogP contribution in [0, 0.1) is 13.8 Å². The zero-order chi connectivity index (χ0) is 31.0. The van der Waals surface area contributed by atoms with Crippen molar-refractivity contribution in [2.75, 3.05) is 18.0 Å². The van der Waals surface area contributed by atoms with Crippen LogP contribution in [0.5, 0.6) is 0 Å². The molecule has 2 amide bonds. The molecule has 1 aliphatic rings. The SMILES string of the molecule is CCN1C(=O)C(=Cc2ccc(-c3ccc(-c4ccc(N(c5ccc(C)cc5)c5ccc(C)cc5)s4)s3)s2)C(=O)N(CC)C1=S. The van der Waals surface area contributed by atoms with Gasteiger partial charge in [0.2, 0.25) is 0 Å². The van der Waals surface area contributed by atoms with E-state index < -0.39 is 0 Å². The number of carbonyl (C=O) groups is 2. The van der Waals surface area contributed by atoms with Gasteiger partial charge in [0.25, 0.3) is 11.8 Å². The third-order valence-corrected chi connectivity index (χ3v) is 11.5. The summed E-state index contributed by atoms with van der Waals surface area (Å²) in [4.78, 5) is 36.9. The summed E-state index contributed by atoms with van der Waals surface area (Å²) in [5.41, 5.74) is 4.87. The van der Waals surface area contributed by atoms with Gasteiger partial charge in [0.1, 0.15) is 10.6 Å². The Balaban J connectivity index is 1.27. The Labute approximate surface area is 275 Å². The van der Waals surface area contributed by atoms with Crippen molar-refractivity contribution in [2.45, 2.75) is 27.7 Å². The van der Waals surface area contributed by atoms with Crippen molar-refractivity contribution >= 4 is 85.6 Å². The molecule has 4 heterocycles. The monoisotopic (exact) mass is 653 g/mol. The molecule has 2 aromatic carbocycles. The Kier molecular flexibility index (Phi) is 8.64. The molecular weight excluding hydrogens is 623 g/mol. The highest BCUT2D eigenvalue weighted by Gasteiger charge is 2.37. The fourth-order valence-corrected chi connectivity index (χ4v) is 8.67. The number of carbonyl (C=O) groups excluding carboxylic acids is 2. The maximum absolute atomic E-state index is 13.1. The number of likely N-dealkylation sites (N-methyl/N-ethyl adjacent to an activating group) is 2. The van der Waals surface area contributed by atoms with Crippen LogP contribution < -0.4 is 4.90 Å². The van der Waals surface area contributed by atoms with E-state index in [0.29, 0.717) is 13.1 Å². The number of thiophene rings is 3. The van der Waals surface area contributed by atoms with Crippen LogP contribution in [0.3, 0.4) is 0 Å². The number of anilines is 3. The minimum Gasteiger partial charge on any atom is -0.302 e. The number of hydrogen-bond acceptors (Lipinski definition) is 7. The lowest BCUT2D eigenvalue weighted by Gasteiger charge is -2.35. The van der Waals surface area contributed by atoms with E-state index in [-0.39, 0.29) is 22.5 Å². The second-order valence-electron chi connectivity index (χ2n) is 10.4. The normalized spacial score (nSPS) is 13.6. The molecule has 0 bridgehead atoms. The number of amides is 2. The lowest BCUT2D eigenvalue weighted by Crippen LogP contribution is -2.55. The van der Waals surface area contributed by atoms with Crippen molar-refractivity contribution in [3.05, 3.63) is 107 Å². The summed E-state index contributed by atoms with van der Waals surface area (Å²) in [5.74, 6) is -0.668. The maximum Gasteiger partial charge on any atom is 0.265 e. The Morgan fingerprint density at radius 2 is 1.09 bits per heavy atom. The fraction of sp³-hybridized carbons (Fsp3) is 0.171. The largest absolute Gasteiger partial charge is 0.302 e.